The molecule has 3 nitrogen and oxygen atoms in total. The van der Waals surface area contributed by atoms with E-state index in [1.165, 1.54) is 16.8 Å². The van der Waals surface area contributed by atoms with Crippen molar-refractivity contribution >= 4 is 17.3 Å². The molecule has 0 radical (unpaired) electrons. The van der Waals surface area contributed by atoms with Crippen LogP contribution in [0.15, 0.2) is 48.7 Å². The van der Waals surface area contributed by atoms with E-state index in [2.05, 4.69) is 5.10 Å². The number of hydrogen-bond donors (Lipinski definition) is 1. The van der Waals surface area contributed by atoms with Crippen LogP contribution in [-0.2, 0) is 0 Å². The van der Waals surface area contributed by atoms with E-state index in [9.17, 15) is 8.78 Å². The largest absolute Gasteiger partial charge is 0.396 e. The third-order valence-corrected chi connectivity index (χ3v) is 3.27. The Labute approximate surface area is 124 Å². The lowest BCUT2D eigenvalue weighted by atomic mass is 10.1. The Bertz CT molecular complexity index is 797. The van der Waals surface area contributed by atoms with Crippen molar-refractivity contribution in [2.45, 2.75) is 0 Å². The van der Waals surface area contributed by atoms with Crippen molar-refractivity contribution in [3.8, 4) is 16.9 Å². The summed E-state index contributed by atoms with van der Waals surface area (Å²) in [6.07, 6.45) is 1.57. The molecule has 0 unspecified atom stereocenters. The molecule has 6 heteroatoms. The minimum Gasteiger partial charge on any atom is -0.396 e. The van der Waals surface area contributed by atoms with Gasteiger partial charge in [-0.25, -0.2) is 13.5 Å². The number of nitrogens with zero attached hydrogens (tertiary/aromatic N) is 2. The molecule has 0 spiro atoms. The number of nitrogens with two attached hydrogens (primary N) is 1. The lowest BCUT2D eigenvalue weighted by molar-refractivity contribution is 0.585. The summed E-state index contributed by atoms with van der Waals surface area (Å²) in [4.78, 5) is 0. The first-order valence-corrected chi connectivity index (χ1v) is 6.49. The highest BCUT2D eigenvalue weighted by molar-refractivity contribution is 6.30. The minimum absolute atomic E-state index is 0.154. The van der Waals surface area contributed by atoms with Crippen molar-refractivity contribution in [3.05, 3.63) is 65.3 Å². The fourth-order valence-corrected chi connectivity index (χ4v) is 2.13. The van der Waals surface area contributed by atoms with E-state index in [1.807, 2.05) is 0 Å². The molecule has 0 saturated carbocycles. The first-order valence-electron chi connectivity index (χ1n) is 6.11. The van der Waals surface area contributed by atoms with Gasteiger partial charge in [-0.15, -0.1) is 0 Å². The summed E-state index contributed by atoms with van der Waals surface area (Å²) in [5, 5.41) is 4.86. The average Bonchev–Trinajstić information content (AvgIpc) is 2.81. The molecule has 0 aliphatic rings. The van der Waals surface area contributed by atoms with Crippen LogP contribution >= 0.6 is 11.6 Å². The summed E-state index contributed by atoms with van der Waals surface area (Å²) < 4.78 is 28.3. The number of nitrogen functional groups attached to an aromatic ring is 1. The van der Waals surface area contributed by atoms with Gasteiger partial charge in [-0.3, -0.25) is 0 Å². The van der Waals surface area contributed by atoms with Crippen LogP contribution in [0.4, 0.5) is 14.5 Å². The summed E-state index contributed by atoms with van der Waals surface area (Å²) in [5.41, 5.74) is 7.34. The number of halogens is 3. The number of anilines is 1. The van der Waals surface area contributed by atoms with Gasteiger partial charge < -0.3 is 5.73 Å². The molecule has 2 aromatic carbocycles. The summed E-state index contributed by atoms with van der Waals surface area (Å²) in [6, 6.07) is 10.2. The van der Waals surface area contributed by atoms with Crippen molar-refractivity contribution in [3.63, 3.8) is 0 Å². The molecular formula is C15H10ClF2N3. The second-order valence-corrected chi connectivity index (χ2v) is 4.91. The zero-order valence-corrected chi connectivity index (χ0v) is 11.5. The Hall–Kier alpha value is -2.40. The Morgan fingerprint density at radius 1 is 1.05 bits per heavy atom. The van der Waals surface area contributed by atoms with Crippen LogP contribution in [0.1, 0.15) is 0 Å². The van der Waals surface area contributed by atoms with Crippen molar-refractivity contribution in [2.75, 3.05) is 5.73 Å². The summed E-state index contributed by atoms with van der Waals surface area (Å²) >= 11 is 5.83. The molecule has 21 heavy (non-hydrogen) atoms. The number of hydrogen-bond acceptors (Lipinski definition) is 2. The van der Waals surface area contributed by atoms with Crippen LogP contribution < -0.4 is 5.73 Å². The second-order valence-electron chi connectivity index (χ2n) is 4.48. The van der Waals surface area contributed by atoms with Crippen molar-refractivity contribution in [2.24, 2.45) is 0 Å². The molecule has 0 aliphatic heterocycles. The van der Waals surface area contributed by atoms with E-state index in [1.54, 1.807) is 30.5 Å². The van der Waals surface area contributed by atoms with E-state index >= 15 is 0 Å². The van der Waals surface area contributed by atoms with Gasteiger partial charge in [0.2, 0.25) is 0 Å². The molecule has 0 fully saturated rings. The smallest absolute Gasteiger partial charge is 0.135 e. The Balaban J connectivity index is 2.07. The second kappa shape index (κ2) is 5.18. The van der Waals surface area contributed by atoms with Gasteiger partial charge in [0.25, 0.3) is 0 Å². The van der Waals surface area contributed by atoms with Gasteiger partial charge >= 0.3 is 0 Å². The Morgan fingerprint density at radius 2 is 1.76 bits per heavy atom. The third kappa shape index (κ3) is 2.60. The highest BCUT2D eigenvalue weighted by Gasteiger charge is 2.14. The average molecular weight is 306 g/mol. The van der Waals surface area contributed by atoms with Crippen LogP contribution in [0.5, 0.6) is 0 Å². The lowest BCUT2D eigenvalue weighted by Crippen LogP contribution is -1.95. The molecule has 0 bridgehead atoms. The maximum Gasteiger partial charge on any atom is 0.135 e. The van der Waals surface area contributed by atoms with Crippen LogP contribution in [-0.4, -0.2) is 9.78 Å². The van der Waals surface area contributed by atoms with Crippen LogP contribution in [0.3, 0.4) is 0 Å². The summed E-state index contributed by atoms with van der Waals surface area (Å²) in [5.74, 6) is -1.35. The van der Waals surface area contributed by atoms with Crippen LogP contribution in [0, 0.1) is 11.6 Å². The lowest BCUT2D eigenvalue weighted by Gasteiger charge is -2.02. The zero-order chi connectivity index (χ0) is 15.0. The molecule has 0 saturated heterocycles. The van der Waals surface area contributed by atoms with E-state index in [0.717, 1.165) is 11.8 Å². The van der Waals surface area contributed by atoms with Gasteiger partial charge in [0.05, 0.1) is 17.6 Å². The SMILES string of the molecule is Nc1cn(-c2ccc(Cl)cc2)nc1-c1ccc(F)cc1F. The number of benzene rings is 2. The maximum absolute atomic E-state index is 13.8. The van der Waals surface area contributed by atoms with Gasteiger partial charge in [-0.1, -0.05) is 11.6 Å². The van der Waals surface area contributed by atoms with Gasteiger partial charge in [-0.2, -0.15) is 5.10 Å². The van der Waals surface area contributed by atoms with Crippen LogP contribution in [0.2, 0.25) is 5.02 Å². The number of rotatable bonds is 2. The normalized spacial score (nSPS) is 10.8. The molecule has 3 aromatic rings. The minimum atomic E-state index is -0.706. The van der Waals surface area contributed by atoms with E-state index in [-0.39, 0.29) is 11.3 Å². The third-order valence-electron chi connectivity index (χ3n) is 3.02. The predicted molar refractivity (Wildman–Crippen MR) is 78.3 cm³/mol. The van der Waals surface area contributed by atoms with Crippen LogP contribution in [0.25, 0.3) is 16.9 Å². The summed E-state index contributed by atoms with van der Waals surface area (Å²) in [6.45, 7) is 0. The van der Waals surface area contributed by atoms with E-state index in [4.69, 9.17) is 17.3 Å². The maximum atomic E-state index is 13.8. The first kappa shape index (κ1) is 13.6. The monoisotopic (exact) mass is 305 g/mol. The molecule has 106 valence electrons. The molecule has 0 aliphatic carbocycles. The van der Waals surface area contributed by atoms with Crippen molar-refractivity contribution in [1.29, 1.82) is 0 Å². The molecule has 0 atom stereocenters. The van der Waals surface area contributed by atoms with Gasteiger partial charge in [0.1, 0.15) is 17.3 Å². The fraction of sp³-hybridized carbons (Fsp3) is 0. The molecule has 1 heterocycles. The highest BCUT2D eigenvalue weighted by atomic mass is 35.5. The van der Waals surface area contributed by atoms with Gasteiger partial charge in [0.15, 0.2) is 0 Å². The molecule has 1 aromatic heterocycles. The topological polar surface area (TPSA) is 43.8 Å². The standard InChI is InChI=1S/C15H10ClF2N3/c16-9-1-4-11(5-2-9)21-8-14(19)15(20-21)12-6-3-10(17)7-13(12)18/h1-8H,19H2. The van der Waals surface area contributed by atoms with E-state index in [0.29, 0.717) is 10.7 Å². The highest BCUT2D eigenvalue weighted by Crippen LogP contribution is 2.28. The molecular weight excluding hydrogens is 296 g/mol. The summed E-state index contributed by atoms with van der Waals surface area (Å²) in [7, 11) is 0. The number of aromatic nitrogens is 2. The van der Waals surface area contributed by atoms with Gasteiger partial charge in [-0.05, 0) is 36.4 Å². The Morgan fingerprint density at radius 3 is 2.43 bits per heavy atom. The fourth-order valence-electron chi connectivity index (χ4n) is 2.00. The van der Waals surface area contributed by atoms with Crippen molar-refractivity contribution in [1.82, 2.24) is 9.78 Å². The first-order chi connectivity index (χ1) is 10.0. The Kier molecular flexibility index (Phi) is 3.35. The zero-order valence-electron chi connectivity index (χ0n) is 10.7. The van der Waals surface area contributed by atoms with Crippen molar-refractivity contribution < 1.29 is 8.78 Å². The molecule has 3 rings (SSSR count). The molecule has 0 amide bonds. The quantitative estimate of drug-likeness (QED) is 0.776. The van der Waals surface area contributed by atoms with Gasteiger partial charge in [0, 0.05) is 16.7 Å². The molecule has 2 N–H and O–H groups in total. The van der Waals surface area contributed by atoms with E-state index < -0.39 is 11.6 Å². The predicted octanol–water partition coefficient (Wildman–Crippen LogP) is 4.05.